The van der Waals surface area contributed by atoms with Crippen LogP contribution in [-0.2, 0) is 6.54 Å². The van der Waals surface area contributed by atoms with Crippen molar-refractivity contribution in [2.75, 3.05) is 0 Å². The van der Waals surface area contributed by atoms with Gasteiger partial charge in [0.25, 0.3) is 0 Å². The van der Waals surface area contributed by atoms with E-state index in [0.717, 1.165) is 5.56 Å². The molecule has 112 valence electrons. The number of benzene rings is 1. The van der Waals surface area contributed by atoms with Gasteiger partial charge in [0.15, 0.2) is 0 Å². The summed E-state index contributed by atoms with van der Waals surface area (Å²) in [6, 6.07) is 6.41. The topological polar surface area (TPSA) is 49.9 Å². The van der Waals surface area contributed by atoms with Crippen LogP contribution < -0.4 is 10.1 Å². The van der Waals surface area contributed by atoms with Gasteiger partial charge in [-0.3, -0.25) is 5.10 Å². The monoisotopic (exact) mass is 297 g/mol. The molecule has 1 aromatic carbocycles. The number of nitrogens with zero attached hydrogens (tertiary/aromatic N) is 1. The standard InChI is InChI=1S/C14H14F3N3O/c15-14(16,17)21-12-3-1-2-9(6-12)13-10(8-19-20-13)7-18-11-4-5-11/h1-3,6,8,11,18H,4-5,7H2,(H,19,20). The Kier molecular flexibility index (Phi) is 3.59. The highest BCUT2D eigenvalue weighted by Gasteiger charge is 2.31. The number of nitrogens with one attached hydrogen (secondary N) is 2. The molecular weight excluding hydrogens is 283 g/mol. The smallest absolute Gasteiger partial charge is 0.406 e. The van der Waals surface area contributed by atoms with E-state index in [2.05, 4.69) is 20.3 Å². The second-order valence-corrected chi connectivity index (χ2v) is 5.00. The van der Waals surface area contributed by atoms with Crippen LogP contribution >= 0.6 is 0 Å². The Balaban J connectivity index is 1.79. The minimum absolute atomic E-state index is 0.240. The van der Waals surface area contributed by atoms with Crippen molar-refractivity contribution in [3.63, 3.8) is 0 Å². The number of rotatable bonds is 5. The van der Waals surface area contributed by atoms with Gasteiger partial charge in [0.05, 0.1) is 11.9 Å². The summed E-state index contributed by atoms with van der Waals surface area (Å²) in [5, 5.41) is 10.2. The van der Waals surface area contributed by atoms with E-state index in [1.54, 1.807) is 12.3 Å². The summed E-state index contributed by atoms with van der Waals surface area (Å²) in [6.45, 7) is 0.640. The van der Waals surface area contributed by atoms with E-state index in [1.807, 2.05) is 0 Å². The molecule has 3 rings (SSSR count). The fourth-order valence-electron chi connectivity index (χ4n) is 2.09. The molecule has 1 fully saturated rings. The van der Waals surface area contributed by atoms with Gasteiger partial charge in [-0.2, -0.15) is 5.10 Å². The Bertz CT molecular complexity index is 620. The van der Waals surface area contributed by atoms with Crippen LogP contribution in [0, 0.1) is 0 Å². The van der Waals surface area contributed by atoms with Crippen molar-refractivity contribution in [1.82, 2.24) is 15.5 Å². The Labute approximate surface area is 119 Å². The fourth-order valence-corrected chi connectivity index (χ4v) is 2.09. The van der Waals surface area contributed by atoms with Crippen LogP contribution in [0.4, 0.5) is 13.2 Å². The molecule has 4 nitrogen and oxygen atoms in total. The molecular formula is C14H14F3N3O. The van der Waals surface area contributed by atoms with Gasteiger partial charge in [-0.05, 0) is 25.0 Å². The van der Waals surface area contributed by atoms with Crippen LogP contribution in [0.2, 0.25) is 0 Å². The molecule has 0 radical (unpaired) electrons. The average molecular weight is 297 g/mol. The van der Waals surface area contributed by atoms with Gasteiger partial charge < -0.3 is 10.1 Å². The van der Waals surface area contributed by atoms with Gasteiger partial charge in [-0.1, -0.05) is 12.1 Å². The summed E-state index contributed by atoms with van der Waals surface area (Å²) in [6.07, 6.45) is -0.671. The van der Waals surface area contributed by atoms with Crippen molar-refractivity contribution < 1.29 is 17.9 Å². The number of hydrogen-bond acceptors (Lipinski definition) is 3. The maximum absolute atomic E-state index is 12.3. The molecule has 1 saturated carbocycles. The second-order valence-electron chi connectivity index (χ2n) is 5.00. The molecule has 0 bridgehead atoms. The molecule has 21 heavy (non-hydrogen) atoms. The molecule has 1 aliphatic carbocycles. The molecule has 1 heterocycles. The lowest BCUT2D eigenvalue weighted by Gasteiger charge is -2.10. The van der Waals surface area contributed by atoms with Crippen molar-refractivity contribution in [2.24, 2.45) is 0 Å². The summed E-state index contributed by atoms with van der Waals surface area (Å²) in [5.74, 6) is -0.240. The summed E-state index contributed by atoms with van der Waals surface area (Å²) in [4.78, 5) is 0. The number of halogens is 3. The van der Waals surface area contributed by atoms with Crippen molar-refractivity contribution in [3.05, 3.63) is 36.0 Å². The van der Waals surface area contributed by atoms with E-state index in [-0.39, 0.29) is 5.75 Å². The minimum Gasteiger partial charge on any atom is -0.406 e. The summed E-state index contributed by atoms with van der Waals surface area (Å²) < 4.78 is 40.7. The third-order valence-electron chi connectivity index (χ3n) is 3.23. The first-order chi connectivity index (χ1) is 10.0. The van der Waals surface area contributed by atoms with E-state index in [1.165, 1.54) is 31.0 Å². The lowest BCUT2D eigenvalue weighted by atomic mass is 10.1. The SMILES string of the molecule is FC(F)(F)Oc1cccc(-c2[nH]ncc2CNC2CC2)c1. The van der Waals surface area contributed by atoms with Gasteiger partial charge in [0, 0.05) is 23.7 Å². The lowest BCUT2D eigenvalue weighted by molar-refractivity contribution is -0.274. The van der Waals surface area contributed by atoms with Gasteiger partial charge in [-0.15, -0.1) is 13.2 Å². The first-order valence-electron chi connectivity index (χ1n) is 6.63. The first-order valence-corrected chi connectivity index (χ1v) is 6.63. The van der Waals surface area contributed by atoms with Crippen LogP contribution in [0.3, 0.4) is 0 Å². The highest BCUT2D eigenvalue weighted by atomic mass is 19.4. The van der Waals surface area contributed by atoms with Crippen LogP contribution in [0.25, 0.3) is 11.3 Å². The van der Waals surface area contributed by atoms with E-state index >= 15 is 0 Å². The maximum Gasteiger partial charge on any atom is 0.573 e. The molecule has 2 N–H and O–H groups in total. The zero-order chi connectivity index (χ0) is 14.9. The molecule has 0 aliphatic heterocycles. The molecule has 0 unspecified atom stereocenters. The van der Waals surface area contributed by atoms with E-state index in [0.29, 0.717) is 23.8 Å². The van der Waals surface area contributed by atoms with Crippen LogP contribution in [-0.4, -0.2) is 22.6 Å². The number of H-pyrrole nitrogens is 1. The number of aromatic amines is 1. The quantitative estimate of drug-likeness (QED) is 0.891. The number of alkyl halides is 3. The summed E-state index contributed by atoms with van der Waals surface area (Å²) in [5.41, 5.74) is 2.24. The number of hydrogen-bond donors (Lipinski definition) is 2. The average Bonchev–Trinajstić information content (AvgIpc) is 3.11. The van der Waals surface area contributed by atoms with Crippen molar-refractivity contribution in [1.29, 1.82) is 0 Å². The molecule has 1 aromatic heterocycles. The molecule has 0 atom stereocenters. The van der Waals surface area contributed by atoms with Crippen LogP contribution in [0.5, 0.6) is 5.75 Å². The van der Waals surface area contributed by atoms with Crippen LogP contribution in [0.1, 0.15) is 18.4 Å². The van der Waals surface area contributed by atoms with Gasteiger partial charge in [-0.25, -0.2) is 0 Å². The second kappa shape index (κ2) is 5.40. The van der Waals surface area contributed by atoms with Gasteiger partial charge in [0.1, 0.15) is 5.75 Å². The van der Waals surface area contributed by atoms with Crippen molar-refractivity contribution >= 4 is 0 Å². The number of ether oxygens (including phenoxy) is 1. The predicted octanol–water partition coefficient (Wildman–Crippen LogP) is 3.23. The van der Waals surface area contributed by atoms with Crippen molar-refractivity contribution in [3.8, 4) is 17.0 Å². The Morgan fingerprint density at radius 1 is 1.33 bits per heavy atom. The molecule has 7 heteroatoms. The van der Waals surface area contributed by atoms with E-state index in [4.69, 9.17) is 0 Å². The van der Waals surface area contributed by atoms with E-state index in [9.17, 15) is 13.2 Å². The number of aromatic nitrogens is 2. The Morgan fingerprint density at radius 3 is 2.86 bits per heavy atom. The first kappa shape index (κ1) is 13.9. The fraction of sp³-hybridized carbons (Fsp3) is 0.357. The maximum atomic E-state index is 12.3. The molecule has 0 saturated heterocycles. The normalized spacial score (nSPS) is 15.2. The molecule has 0 spiro atoms. The highest BCUT2D eigenvalue weighted by molar-refractivity contribution is 5.64. The molecule has 0 amide bonds. The van der Waals surface area contributed by atoms with Crippen molar-refractivity contribution in [2.45, 2.75) is 31.8 Å². The zero-order valence-corrected chi connectivity index (χ0v) is 11.1. The highest BCUT2D eigenvalue weighted by Crippen LogP contribution is 2.29. The largest absolute Gasteiger partial charge is 0.573 e. The minimum atomic E-state index is -4.69. The molecule has 2 aromatic rings. The Hall–Kier alpha value is -2.02. The third kappa shape index (κ3) is 3.75. The molecule has 1 aliphatic rings. The lowest BCUT2D eigenvalue weighted by Crippen LogP contribution is -2.17. The van der Waals surface area contributed by atoms with Gasteiger partial charge in [0.2, 0.25) is 0 Å². The van der Waals surface area contributed by atoms with Crippen LogP contribution in [0.15, 0.2) is 30.5 Å². The summed E-state index contributed by atoms with van der Waals surface area (Å²) >= 11 is 0. The predicted molar refractivity (Wildman–Crippen MR) is 70.6 cm³/mol. The Morgan fingerprint density at radius 2 is 2.14 bits per heavy atom. The zero-order valence-electron chi connectivity index (χ0n) is 11.1. The third-order valence-corrected chi connectivity index (χ3v) is 3.23. The summed E-state index contributed by atoms with van der Waals surface area (Å²) in [7, 11) is 0. The van der Waals surface area contributed by atoms with E-state index < -0.39 is 6.36 Å². The van der Waals surface area contributed by atoms with Gasteiger partial charge >= 0.3 is 6.36 Å².